The summed E-state index contributed by atoms with van der Waals surface area (Å²) in [6, 6.07) is 5.56. The third-order valence-electron chi connectivity index (χ3n) is 2.33. The molecule has 0 atom stereocenters. The minimum absolute atomic E-state index is 0.00564. The lowest BCUT2D eigenvalue weighted by Crippen LogP contribution is -2.29. The Hall–Kier alpha value is -1.27. The monoisotopic (exact) mass is 305 g/mol. The second-order valence-corrected chi connectivity index (χ2v) is 6.47. The largest absolute Gasteiger partial charge is 0.484 e. The summed E-state index contributed by atoms with van der Waals surface area (Å²) in [5.41, 5.74) is 0. The van der Waals surface area contributed by atoms with Crippen LogP contribution >= 0.6 is 10.7 Å². The zero-order chi connectivity index (χ0) is 14.3. The van der Waals surface area contributed by atoms with Crippen LogP contribution in [0.25, 0.3) is 0 Å². The van der Waals surface area contributed by atoms with Crippen molar-refractivity contribution in [2.45, 2.75) is 24.7 Å². The molecule has 0 aromatic heterocycles. The van der Waals surface area contributed by atoms with Crippen LogP contribution in [-0.2, 0) is 13.8 Å². The molecule has 1 amide bonds. The Balaban J connectivity index is 2.44. The van der Waals surface area contributed by atoms with Crippen molar-refractivity contribution < 1.29 is 17.9 Å². The fourth-order valence-electron chi connectivity index (χ4n) is 1.30. The third-order valence-corrected chi connectivity index (χ3v) is 3.70. The number of nitrogens with one attached hydrogen (secondary N) is 1. The quantitative estimate of drug-likeness (QED) is 0.617. The van der Waals surface area contributed by atoms with Crippen molar-refractivity contribution in [1.29, 1.82) is 0 Å². The molecule has 0 saturated heterocycles. The summed E-state index contributed by atoms with van der Waals surface area (Å²) < 4.78 is 27.3. The summed E-state index contributed by atoms with van der Waals surface area (Å²) in [6.45, 7) is 2.56. The first-order valence-corrected chi connectivity index (χ1v) is 8.18. The second-order valence-electron chi connectivity index (χ2n) is 3.90. The van der Waals surface area contributed by atoms with Gasteiger partial charge in [0.2, 0.25) is 0 Å². The number of benzene rings is 1. The van der Waals surface area contributed by atoms with E-state index in [1.165, 1.54) is 24.3 Å². The van der Waals surface area contributed by atoms with E-state index >= 15 is 0 Å². The number of unbranched alkanes of at least 4 members (excludes halogenated alkanes) is 1. The molecule has 1 N–H and O–H groups in total. The van der Waals surface area contributed by atoms with Crippen molar-refractivity contribution in [2.75, 3.05) is 13.2 Å². The molecule has 0 saturated carbocycles. The lowest BCUT2D eigenvalue weighted by atomic mass is 10.3. The van der Waals surface area contributed by atoms with Gasteiger partial charge in [0.1, 0.15) is 5.75 Å². The van der Waals surface area contributed by atoms with E-state index < -0.39 is 9.05 Å². The number of ether oxygens (including phenoxy) is 1. The molecule has 0 aliphatic rings. The second kappa shape index (κ2) is 7.35. The molecule has 0 fully saturated rings. The Morgan fingerprint density at radius 2 is 1.95 bits per heavy atom. The number of carbonyl (C=O) groups is 1. The van der Waals surface area contributed by atoms with Crippen LogP contribution in [0.2, 0.25) is 0 Å². The van der Waals surface area contributed by atoms with Gasteiger partial charge in [0, 0.05) is 17.2 Å². The van der Waals surface area contributed by atoms with E-state index in [1.54, 1.807) is 0 Å². The van der Waals surface area contributed by atoms with E-state index in [-0.39, 0.29) is 17.4 Å². The highest BCUT2D eigenvalue weighted by molar-refractivity contribution is 8.13. The van der Waals surface area contributed by atoms with Crippen LogP contribution in [0.4, 0.5) is 0 Å². The van der Waals surface area contributed by atoms with E-state index in [9.17, 15) is 13.2 Å². The fourth-order valence-corrected chi connectivity index (χ4v) is 2.07. The summed E-state index contributed by atoms with van der Waals surface area (Å²) in [7, 11) is 1.45. The van der Waals surface area contributed by atoms with Crippen LogP contribution < -0.4 is 10.1 Å². The van der Waals surface area contributed by atoms with Gasteiger partial charge in [-0.15, -0.1) is 0 Å². The first-order chi connectivity index (χ1) is 8.93. The Morgan fingerprint density at radius 1 is 1.32 bits per heavy atom. The summed E-state index contributed by atoms with van der Waals surface area (Å²) in [6.07, 6.45) is 1.93. The zero-order valence-corrected chi connectivity index (χ0v) is 12.1. The normalized spacial score (nSPS) is 11.1. The first-order valence-electron chi connectivity index (χ1n) is 5.87. The summed E-state index contributed by atoms with van der Waals surface area (Å²) in [5.74, 6) is 0.206. The average Bonchev–Trinajstić information content (AvgIpc) is 2.36. The fraction of sp³-hybridized carbons (Fsp3) is 0.417. The number of halogens is 1. The van der Waals surface area contributed by atoms with Crippen molar-refractivity contribution in [3.05, 3.63) is 24.3 Å². The average molecular weight is 306 g/mol. The SMILES string of the molecule is CCCCNC(=O)COc1ccc(S(=O)(=O)Cl)cc1. The van der Waals surface area contributed by atoms with Crippen molar-refractivity contribution in [1.82, 2.24) is 5.32 Å². The molecular weight excluding hydrogens is 290 g/mol. The van der Waals surface area contributed by atoms with Gasteiger partial charge in [-0.2, -0.15) is 0 Å². The van der Waals surface area contributed by atoms with Crippen LogP contribution in [0, 0.1) is 0 Å². The van der Waals surface area contributed by atoms with Gasteiger partial charge in [0.25, 0.3) is 15.0 Å². The molecule has 0 spiro atoms. The van der Waals surface area contributed by atoms with E-state index in [1.807, 2.05) is 6.92 Å². The zero-order valence-electron chi connectivity index (χ0n) is 10.6. The van der Waals surface area contributed by atoms with Gasteiger partial charge in [-0.1, -0.05) is 13.3 Å². The smallest absolute Gasteiger partial charge is 0.261 e. The molecule has 19 heavy (non-hydrogen) atoms. The summed E-state index contributed by atoms with van der Waals surface area (Å²) >= 11 is 0. The van der Waals surface area contributed by atoms with Crippen molar-refractivity contribution in [3.8, 4) is 5.75 Å². The molecular formula is C12H16ClNO4S. The molecule has 1 aromatic carbocycles. The van der Waals surface area contributed by atoms with Crippen molar-refractivity contribution >= 4 is 25.6 Å². The van der Waals surface area contributed by atoms with Gasteiger partial charge in [0.05, 0.1) is 4.90 Å². The standard InChI is InChI=1S/C12H16ClNO4S/c1-2-3-8-14-12(15)9-18-10-4-6-11(7-5-10)19(13,16)17/h4-7H,2-3,8-9H2,1H3,(H,14,15). The lowest BCUT2D eigenvalue weighted by Gasteiger charge is -2.07. The highest BCUT2D eigenvalue weighted by atomic mass is 35.7. The maximum atomic E-state index is 11.4. The Morgan fingerprint density at radius 3 is 2.47 bits per heavy atom. The molecule has 1 aromatic rings. The first kappa shape index (κ1) is 15.8. The van der Waals surface area contributed by atoms with Gasteiger partial charge in [0.15, 0.2) is 6.61 Å². The molecule has 0 aliphatic carbocycles. The van der Waals surface area contributed by atoms with Crippen molar-refractivity contribution in [2.24, 2.45) is 0 Å². The number of carbonyl (C=O) groups excluding carboxylic acids is 1. The molecule has 5 nitrogen and oxygen atoms in total. The lowest BCUT2D eigenvalue weighted by molar-refractivity contribution is -0.123. The predicted molar refractivity (Wildman–Crippen MR) is 72.9 cm³/mol. The highest BCUT2D eigenvalue weighted by Crippen LogP contribution is 2.18. The summed E-state index contributed by atoms with van der Waals surface area (Å²) in [4.78, 5) is 11.4. The van der Waals surface area contributed by atoms with Crippen LogP contribution in [0.5, 0.6) is 5.75 Å². The minimum atomic E-state index is -3.73. The topological polar surface area (TPSA) is 72.5 Å². The van der Waals surface area contributed by atoms with Crippen LogP contribution in [-0.4, -0.2) is 27.5 Å². The van der Waals surface area contributed by atoms with Gasteiger partial charge >= 0.3 is 0 Å². The van der Waals surface area contributed by atoms with Crippen LogP contribution in [0.3, 0.4) is 0 Å². The van der Waals surface area contributed by atoms with Crippen LogP contribution in [0.15, 0.2) is 29.2 Å². The molecule has 0 heterocycles. The van der Waals surface area contributed by atoms with E-state index in [2.05, 4.69) is 5.32 Å². The van der Waals surface area contributed by atoms with Gasteiger partial charge < -0.3 is 10.1 Å². The molecule has 0 unspecified atom stereocenters. The predicted octanol–water partition coefficient (Wildman–Crippen LogP) is 1.91. The molecule has 0 bridgehead atoms. The molecule has 0 aliphatic heterocycles. The highest BCUT2D eigenvalue weighted by Gasteiger charge is 2.09. The molecule has 7 heteroatoms. The molecule has 106 valence electrons. The molecule has 0 radical (unpaired) electrons. The van der Waals surface area contributed by atoms with E-state index in [0.29, 0.717) is 12.3 Å². The van der Waals surface area contributed by atoms with E-state index in [4.69, 9.17) is 15.4 Å². The number of rotatable bonds is 7. The third kappa shape index (κ3) is 5.94. The van der Waals surface area contributed by atoms with E-state index in [0.717, 1.165) is 12.8 Å². The van der Waals surface area contributed by atoms with Gasteiger partial charge in [-0.3, -0.25) is 4.79 Å². The molecule has 1 rings (SSSR count). The summed E-state index contributed by atoms with van der Waals surface area (Å²) in [5, 5.41) is 2.71. The number of amides is 1. The Bertz CT molecular complexity index is 513. The Kier molecular flexibility index (Phi) is 6.11. The van der Waals surface area contributed by atoms with Gasteiger partial charge in [-0.05, 0) is 30.7 Å². The van der Waals surface area contributed by atoms with Crippen molar-refractivity contribution in [3.63, 3.8) is 0 Å². The number of hydrogen-bond donors (Lipinski definition) is 1. The Labute approximate surface area is 117 Å². The maximum Gasteiger partial charge on any atom is 0.261 e. The maximum absolute atomic E-state index is 11.4. The minimum Gasteiger partial charge on any atom is -0.484 e. The van der Waals surface area contributed by atoms with Gasteiger partial charge in [-0.25, -0.2) is 8.42 Å². The number of hydrogen-bond acceptors (Lipinski definition) is 4. The van der Waals surface area contributed by atoms with Crippen LogP contribution in [0.1, 0.15) is 19.8 Å².